The van der Waals surface area contributed by atoms with E-state index in [2.05, 4.69) is 5.32 Å². The molecule has 1 N–H and O–H groups in total. The van der Waals surface area contributed by atoms with Gasteiger partial charge in [0.15, 0.2) is 0 Å². The molecule has 0 bridgehead atoms. The number of ether oxygens (including phenoxy) is 2. The molecule has 0 heterocycles. The summed E-state index contributed by atoms with van der Waals surface area (Å²) in [5.74, 6) is -0.596. The van der Waals surface area contributed by atoms with E-state index in [1.54, 1.807) is 27.7 Å². The number of nitrogens with one attached hydrogen (secondary N) is 1. The van der Waals surface area contributed by atoms with E-state index in [9.17, 15) is 19.7 Å². The van der Waals surface area contributed by atoms with Crippen molar-refractivity contribution < 1.29 is 24.0 Å². The van der Waals surface area contributed by atoms with Crippen LogP contribution in [0.4, 0.5) is 10.5 Å². The molecule has 1 amide bonds. The number of alkyl carbamates (subject to hydrolysis) is 1. The summed E-state index contributed by atoms with van der Waals surface area (Å²) < 4.78 is 10.1. The fourth-order valence-electron chi connectivity index (χ4n) is 1.88. The highest BCUT2D eigenvalue weighted by molar-refractivity contribution is 5.81. The van der Waals surface area contributed by atoms with Crippen LogP contribution in [0.3, 0.4) is 0 Å². The van der Waals surface area contributed by atoms with Gasteiger partial charge in [-0.05, 0) is 33.3 Å². The molecule has 0 aliphatic heterocycles. The molecule has 0 radical (unpaired) electrons. The SMILES string of the molecule is CCOC(=O)[C@@H](Cc1ccc([N+](=O)[O-])cc1)NC(=O)OC(C)(C)C. The zero-order valence-corrected chi connectivity index (χ0v) is 14.2. The molecule has 0 aliphatic rings. The van der Waals surface area contributed by atoms with Crippen molar-refractivity contribution in [2.24, 2.45) is 0 Å². The van der Waals surface area contributed by atoms with Crippen LogP contribution in [-0.2, 0) is 20.7 Å². The van der Waals surface area contributed by atoms with Gasteiger partial charge in [-0.25, -0.2) is 9.59 Å². The van der Waals surface area contributed by atoms with Gasteiger partial charge >= 0.3 is 12.1 Å². The lowest BCUT2D eigenvalue weighted by Crippen LogP contribution is -2.45. The molecule has 1 aromatic carbocycles. The summed E-state index contributed by atoms with van der Waals surface area (Å²) in [7, 11) is 0. The van der Waals surface area contributed by atoms with Gasteiger partial charge in [0.05, 0.1) is 11.5 Å². The molecule has 1 atom stereocenters. The number of benzene rings is 1. The van der Waals surface area contributed by atoms with Crippen molar-refractivity contribution >= 4 is 17.7 Å². The van der Waals surface area contributed by atoms with Gasteiger partial charge in [-0.3, -0.25) is 10.1 Å². The molecule has 0 spiro atoms. The Balaban J connectivity index is 2.84. The van der Waals surface area contributed by atoms with Crippen molar-refractivity contribution in [2.75, 3.05) is 6.61 Å². The first-order valence-corrected chi connectivity index (χ1v) is 7.52. The van der Waals surface area contributed by atoms with Crippen molar-refractivity contribution in [1.82, 2.24) is 5.32 Å². The third-order valence-electron chi connectivity index (χ3n) is 2.85. The molecule has 0 aromatic heterocycles. The van der Waals surface area contributed by atoms with Crippen molar-refractivity contribution in [1.29, 1.82) is 0 Å². The quantitative estimate of drug-likeness (QED) is 0.485. The van der Waals surface area contributed by atoms with Gasteiger partial charge in [-0.1, -0.05) is 12.1 Å². The van der Waals surface area contributed by atoms with E-state index in [1.165, 1.54) is 24.3 Å². The lowest BCUT2D eigenvalue weighted by atomic mass is 10.1. The number of nitro benzene ring substituents is 1. The largest absolute Gasteiger partial charge is 0.464 e. The normalized spacial score (nSPS) is 12.2. The highest BCUT2D eigenvalue weighted by Gasteiger charge is 2.25. The molecular weight excluding hydrogens is 316 g/mol. The molecule has 0 aliphatic carbocycles. The van der Waals surface area contributed by atoms with Crippen molar-refractivity contribution in [3.63, 3.8) is 0 Å². The van der Waals surface area contributed by atoms with E-state index < -0.39 is 28.6 Å². The number of esters is 1. The Morgan fingerprint density at radius 3 is 2.29 bits per heavy atom. The second-order valence-electron chi connectivity index (χ2n) is 6.08. The lowest BCUT2D eigenvalue weighted by molar-refractivity contribution is -0.384. The van der Waals surface area contributed by atoms with Crippen molar-refractivity contribution in [3.05, 3.63) is 39.9 Å². The minimum Gasteiger partial charge on any atom is -0.464 e. The van der Waals surface area contributed by atoms with Gasteiger partial charge in [0.1, 0.15) is 11.6 Å². The van der Waals surface area contributed by atoms with E-state index in [0.717, 1.165) is 0 Å². The molecule has 0 saturated carbocycles. The summed E-state index contributed by atoms with van der Waals surface area (Å²) in [4.78, 5) is 34.1. The monoisotopic (exact) mass is 338 g/mol. The first kappa shape index (κ1) is 19.4. The van der Waals surface area contributed by atoms with Gasteiger partial charge in [0.2, 0.25) is 0 Å². The van der Waals surface area contributed by atoms with Crippen LogP contribution >= 0.6 is 0 Å². The summed E-state index contributed by atoms with van der Waals surface area (Å²) in [5.41, 5.74) is -0.0994. The molecule has 132 valence electrons. The van der Waals surface area contributed by atoms with E-state index in [4.69, 9.17) is 9.47 Å². The summed E-state index contributed by atoms with van der Waals surface area (Å²) in [6, 6.07) is 4.79. The highest BCUT2D eigenvalue weighted by Crippen LogP contribution is 2.14. The molecular formula is C16H22N2O6. The zero-order valence-electron chi connectivity index (χ0n) is 14.2. The van der Waals surface area contributed by atoms with Gasteiger partial charge in [-0.2, -0.15) is 0 Å². The van der Waals surface area contributed by atoms with Gasteiger partial charge in [-0.15, -0.1) is 0 Å². The summed E-state index contributed by atoms with van der Waals surface area (Å²) in [5, 5.41) is 13.1. The van der Waals surface area contributed by atoms with Gasteiger partial charge < -0.3 is 14.8 Å². The van der Waals surface area contributed by atoms with Crippen molar-refractivity contribution in [3.8, 4) is 0 Å². The first-order chi connectivity index (χ1) is 11.1. The Morgan fingerprint density at radius 2 is 1.83 bits per heavy atom. The highest BCUT2D eigenvalue weighted by atomic mass is 16.6. The Labute approximate surface area is 140 Å². The molecule has 1 aromatic rings. The topological polar surface area (TPSA) is 108 Å². The van der Waals surface area contributed by atoms with Crippen LogP contribution in [0.25, 0.3) is 0 Å². The predicted octanol–water partition coefficient (Wildman–Crippen LogP) is 2.59. The fraction of sp³-hybridized carbons (Fsp3) is 0.500. The van der Waals surface area contributed by atoms with Crippen LogP contribution in [-0.4, -0.2) is 35.2 Å². The first-order valence-electron chi connectivity index (χ1n) is 7.52. The molecule has 0 saturated heterocycles. The molecule has 0 unspecified atom stereocenters. The number of carbonyl (C=O) groups excluding carboxylic acids is 2. The number of nitrogens with zero attached hydrogens (tertiary/aromatic N) is 1. The van der Waals surface area contributed by atoms with Crippen LogP contribution in [0.15, 0.2) is 24.3 Å². The standard InChI is InChI=1S/C16H22N2O6/c1-5-23-14(19)13(17-15(20)24-16(2,3)4)10-11-6-8-12(9-7-11)18(21)22/h6-9,13H,5,10H2,1-4H3,(H,17,20)/t13-/m1/s1. The van der Waals surface area contributed by atoms with Crippen LogP contribution < -0.4 is 5.32 Å². The van der Waals surface area contributed by atoms with Gasteiger partial charge in [0.25, 0.3) is 5.69 Å². The third kappa shape index (κ3) is 6.64. The smallest absolute Gasteiger partial charge is 0.408 e. The van der Waals surface area contributed by atoms with E-state index >= 15 is 0 Å². The minimum atomic E-state index is -0.943. The number of hydrogen-bond donors (Lipinski definition) is 1. The summed E-state index contributed by atoms with van der Waals surface area (Å²) in [6.07, 6.45) is -0.599. The Bertz CT molecular complexity index is 592. The molecule has 24 heavy (non-hydrogen) atoms. The Hall–Kier alpha value is -2.64. The van der Waals surface area contributed by atoms with Crippen LogP contribution in [0.2, 0.25) is 0 Å². The number of amides is 1. The predicted molar refractivity (Wildman–Crippen MR) is 86.6 cm³/mol. The second-order valence-corrected chi connectivity index (χ2v) is 6.08. The fourth-order valence-corrected chi connectivity index (χ4v) is 1.88. The average molecular weight is 338 g/mol. The molecule has 8 heteroatoms. The maximum atomic E-state index is 12.0. The number of non-ortho nitro benzene ring substituents is 1. The maximum absolute atomic E-state index is 12.0. The Kier molecular flexibility index (Phi) is 6.69. The second kappa shape index (κ2) is 8.28. The molecule has 8 nitrogen and oxygen atoms in total. The molecule has 0 fully saturated rings. The number of hydrogen-bond acceptors (Lipinski definition) is 6. The minimum absolute atomic E-state index is 0.0495. The van der Waals surface area contributed by atoms with E-state index in [0.29, 0.717) is 5.56 Å². The number of nitro groups is 1. The third-order valence-corrected chi connectivity index (χ3v) is 2.85. The zero-order chi connectivity index (χ0) is 18.3. The maximum Gasteiger partial charge on any atom is 0.408 e. The summed E-state index contributed by atoms with van der Waals surface area (Å²) in [6.45, 7) is 6.97. The van der Waals surface area contributed by atoms with Crippen LogP contribution in [0.1, 0.15) is 33.3 Å². The number of carbonyl (C=O) groups is 2. The molecule has 1 rings (SSSR count). The lowest BCUT2D eigenvalue weighted by Gasteiger charge is -2.23. The summed E-state index contributed by atoms with van der Waals surface area (Å²) >= 11 is 0. The number of rotatable bonds is 6. The van der Waals surface area contributed by atoms with Crippen molar-refractivity contribution in [2.45, 2.75) is 45.8 Å². The van der Waals surface area contributed by atoms with E-state index in [1.807, 2.05) is 0 Å². The van der Waals surface area contributed by atoms with E-state index in [-0.39, 0.29) is 18.7 Å². The van der Waals surface area contributed by atoms with Crippen LogP contribution in [0, 0.1) is 10.1 Å². The van der Waals surface area contributed by atoms with Gasteiger partial charge in [0, 0.05) is 18.6 Å². The van der Waals surface area contributed by atoms with Crippen LogP contribution in [0.5, 0.6) is 0 Å². The Morgan fingerprint density at radius 1 is 1.25 bits per heavy atom. The average Bonchev–Trinajstić information content (AvgIpc) is 2.45.